The lowest BCUT2D eigenvalue weighted by molar-refractivity contribution is 0.0450. The minimum absolute atomic E-state index is 0.160. The van der Waals surface area contributed by atoms with Crippen molar-refractivity contribution in [1.29, 1.82) is 0 Å². The van der Waals surface area contributed by atoms with E-state index in [4.69, 9.17) is 10.5 Å². The molecule has 2 aliphatic rings. The van der Waals surface area contributed by atoms with Crippen LogP contribution in [0.4, 0.5) is 4.79 Å². The van der Waals surface area contributed by atoms with Gasteiger partial charge in [-0.25, -0.2) is 4.79 Å². The largest absolute Gasteiger partial charge is 0.381 e. The van der Waals surface area contributed by atoms with Crippen LogP contribution in [0.5, 0.6) is 0 Å². The number of rotatable bonds is 4. The van der Waals surface area contributed by atoms with Crippen molar-refractivity contribution in [2.45, 2.75) is 38.3 Å². The van der Waals surface area contributed by atoms with Crippen molar-refractivity contribution in [3.63, 3.8) is 0 Å². The van der Waals surface area contributed by atoms with Crippen LogP contribution in [0, 0.1) is 5.92 Å². The summed E-state index contributed by atoms with van der Waals surface area (Å²) < 4.78 is 5.40. The van der Waals surface area contributed by atoms with Crippen molar-refractivity contribution in [3.05, 3.63) is 0 Å². The van der Waals surface area contributed by atoms with Crippen LogP contribution < -0.4 is 5.73 Å². The second-order valence-corrected chi connectivity index (χ2v) is 5.49. The third kappa shape index (κ3) is 2.62. The smallest absolute Gasteiger partial charge is 0.320 e. The van der Waals surface area contributed by atoms with Gasteiger partial charge in [-0.1, -0.05) is 0 Å². The fraction of sp³-hybridized carbons (Fsp3) is 0.923. The molecule has 0 saturated carbocycles. The van der Waals surface area contributed by atoms with Crippen LogP contribution in [-0.2, 0) is 4.74 Å². The summed E-state index contributed by atoms with van der Waals surface area (Å²) in [4.78, 5) is 16.2. The van der Waals surface area contributed by atoms with Gasteiger partial charge >= 0.3 is 6.03 Å². The van der Waals surface area contributed by atoms with Gasteiger partial charge in [0.2, 0.25) is 0 Å². The van der Waals surface area contributed by atoms with E-state index < -0.39 is 0 Å². The van der Waals surface area contributed by atoms with E-state index in [-0.39, 0.29) is 12.1 Å². The van der Waals surface area contributed by atoms with Crippen LogP contribution in [0.15, 0.2) is 0 Å². The van der Waals surface area contributed by atoms with E-state index in [1.54, 1.807) is 0 Å². The predicted octanol–water partition coefficient (Wildman–Crippen LogP) is 0.886. The topological polar surface area (TPSA) is 58.8 Å². The molecule has 2 atom stereocenters. The van der Waals surface area contributed by atoms with Gasteiger partial charge in [0.15, 0.2) is 0 Å². The average Bonchev–Trinajstić information content (AvgIpc) is 2.68. The lowest BCUT2D eigenvalue weighted by Gasteiger charge is -2.30. The van der Waals surface area contributed by atoms with Crippen LogP contribution in [-0.4, -0.2) is 61.3 Å². The summed E-state index contributed by atoms with van der Waals surface area (Å²) in [6.07, 6.45) is 3.02. The van der Waals surface area contributed by atoms with Crippen LogP contribution in [0.2, 0.25) is 0 Å². The Balaban J connectivity index is 1.99. The summed E-state index contributed by atoms with van der Waals surface area (Å²) in [6.45, 7) is 5.24. The second kappa shape index (κ2) is 5.89. The lowest BCUT2D eigenvalue weighted by atomic mass is 9.91. The fourth-order valence-electron chi connectivity index (χ4n) is 3.08. The minimum atomic E-state index is 0.160. The molecule has 2 N–H and O–H groups in total. The maximum absolute atomic E-state index is 12.3. The maximum Gasteiger partial charge on any atom is 0.320 e. The van der Waals surface area contributed by atoms with Crippen molar-refractivity contribution < 1.29 is 9.53 Å². The SMILES string of the molecule is CC(CCN)N1CC(C2CCOCC2)N(C)C1=O. The number of carbonyl (C=O) groups is 1. The Labute approximate surface area is 109 Å². The summed E-state index contributed by atoms with van der Waals surface area (Å²) in [5.41, 5.74) is 5.59. The van der Waals surface area contributed by atoms with Gasteiger partial charge in [0.25, 0.3) is 0 Å². The molecule has 0 aromatic rings. The predicted molar refractivity (Wildman–Crippen MR) is 70.3 cm³/mol. The first kappa shape index (κ1) is 13.6. The van der Waals surface area contributed by atoms with E-state index in [1.165, 1.54) is 0 Å². The third-order valence-electron chi connectivity index (χ3n) is 4.36. The van der Waals surface area contributed by atoms with Crippen LogP contribution >= 0.6 is 0 Å². The standard InChI is InChI=1S/C13H25N3O2/c1-10(3-6-14)16-9-12(15(2)13(16)17)11-4-7-18-8-5-11/h10-12H,3-9,14H2,1-2H3. The first-order chi connectivity index (χ1) is 8.65. The Bertz CT molecular complexity index is 292. The summed E-state index contributed by atoms with van der Waals surface area (Å²) in [6, 6.07) is 0.754. The number of nitrogens with two attached hydrogens (primary N) is 1. The van der Waals surface area contributed by atoms with Crippen molar-refractivity contribution in [1.82, 2.24) is 9.80 Å². The number of hydrogen-bond acceptors (Lipinski definition) is 3. The number of carbonyl (C=O) groups excluding carboxylic acids is 1. The summed E-state index contributed by atoms with van der Waals surface area (Å²) in [5, 5.41) is 0. The zero-order valence-corrected chi connectivity index (χ0v) is 11.5. The Hall–Kier alpha value is -0.810. The number of ether oxygens (including phenoxy) is 1. The van der Waals surface area contributed by atoms with E-state index >= 15 is 0 Å². The molecule has 2 amide bonds. The zero-order chi connectivity index (χ0) is 13.1. The van der Waals surface area contributed by atoms with Gasteiger partial charge in [-0.2, -0.15) is 0 Å². The molecule has 5 heteroatoms. The normalized spacial score (nSPS) is 27.9. The Morgan fingerprint density at radius 3 is 2.72 bits per heavy atom. The van der Waals surface area contributed by atoms with Gasteiger partial charge in [0.1, 0.15) is 0 Å². The highest BCUT2D eigenvalue weighted by Gasteiger charge is 2.40. The van der Waals surface area contributed by atoms with Crippen molar-refractivity contribution in [2.75, 3.05) is 33.4 Å². The van der Waals surface area contributed by atoms with Gasteiger partial charge in [-0.15, -0.1) is 0 Å². The van der Waals surface area contributed by atoms with E-state index in [0.717, 1.165) is 39.0 Å². The van der Waals surface area contributed by atoms with E-state index in [2.05, 4.69) is 6.92 Å². The molecule has 2 unspecified atom stereocenters. The molecule has 0 aromatic carbocycles. The van der Waals surface area contributed by atoms with Gasteiger partial charge in [0, 0.05) is 32.8 Å². The molecule has 0 spiro atoms. The summed E-state index contributed by atoms with van der Waals surface area (Å²) >= 11 is 0. The first-order valence-corrected chi connectivity index (χ1v) is 6.96. The Morgan fingerprint density at radius 1 is 1.44 bits per heavy atom. The average molecular weight is 255 g/mol. The Morgan fingerprint density at radius 2 is 2.11 bits per heavy atom. The number of urea groups is 1. The molecule has 2 heterocycles. The molecule has 104 valence electrons. The molecule has 0 aromatic heterocycles. The molecular weight excluding hydrogens is 230 g/mol. The quantitative estimate of drug-likeness (QED) is 0.811. The molecule has 2 rings (SSSR count). The first-order valence-electron chi connectivity index (χ1n) is 6.96. The van der Waals surface area contributed by atoms with Crippen molar-refractivity contribution in [3.8, 4) is 0 Å². The molecule has 0 radical (unpaired) electrons. The van der Waals surface area contributed by atoms with Gasteiger partial charge < -0.3 is 20.3 Å². The molecule has 2 saturated heterocycles. The lowest BCUT2D eigenvalue weighted by Crippen LogP contribution is -2.38. The van der Waals surface area contributed by atoms with Crippen LogP contribution in [0.3, 0.4) is 0 Å². The van der Waals surface area contributed by atoms with Crippen LogP contribution in [0.25, 0.3) is 0 Å². The van der Waals surface area contributed by atoms with E-state index in [0.29, 0.717) is 18.5 Å². The highest BCUT2D eigenvalue weighted by Crippen LogP contribution is 2.29. The monoisotopic (exact) mass is 255 g/mol. The molecule has 0 bridgehead atoms. The minimum Gasteiger partial charge on any atom is -0.381 e. The molecular formula is C13H25N3O2. The highest BCUT2D eigenvalue weighted by atomic mass is 16.5. The van der Waals surface area contributed by atoms with Gasteiger partial charge in [-0.3, -0.25) is 0 Å². The molecule has 2 fully saturated rings. The number of nitrogens with zero attached hydrogens (tertiary/aromatic N) is 2. The van der Waals surface area contributed by atoms with Crippen molar-refractivity contribution in [2.24, 2.45) is 11.7 Å². The van der Waals surface area contributed by atoms with Gasteiger partial charge in [0.05, 0.1) is 6.04 Å². The summed E-state index contributed by atoms with van der Waals surface area (Å²) in [5.74, 6) is 0.586. The third-order valence-corrected chi connectivity index (χ3v) is 4.36. The number of hydrogen-bond donors (Lipinski definition) is 1. The van der Waals surface area contributed by atoms with Gasteiger partial charge in [-0.05, 0) is 38.6 Å². The molecule has 5 nitrogen and oxygen atoms in total. The van der Waals surface area contributed by atoms with E-state index in [9.17, 15) is 4.79 Å². The number of likely N-dealkylation sites (N-methyl/N-ethyl adjacent to an activating group) is 1. The molecule has 0 aliphatic carbocycles. The van der Waals surface area contributed by atoms with Crippen LogP contribution in [0.1, 0.15) is 26.2 Å². The number of amides is 2. The summed E-state index contributed by atoms with van der Waals surface area (Å²) in [7, 11) is 1.93. The maximum atomic E-state index is 12.3. The zero-order valence-electron chi connectivity index (χ0n) is 11.5. The highest BCUT2D eigenvalue weighted by molar-refractivity contribution is 5.77. The molecule has 18 heavy (non-hydrogen) atoms. The molecule has 2 aliphatic heterocycles. The van der Waals surface area contributed by atoms with E-state index in [1.807, 2.05) is 16.8 Å². The van der Waals surface area contributed by atoms with Crippen molar-refractivity contribution >= 4 is 6.03 Å². The second-order valence-electron chi connectivity index (χ2n) is 5.49. The Kier molecular flexibility index (Phi) is 4.45. The fourth-order valence-corrected chi connectivity index (χ4v) is 3.08.